The summed E-state index contributed by atoms with van der Waals surface area (Å²) < 4.78 is 24.7. The minimum Gasteiger partial charge on any atom is -0.378 e. The summed E-state index contributed by atoms with van der Waals surface area (Å²) in [4.78, 5) is 4.32. The van der Waals surface area contributed by atoms with Gasteiger partial charge in [-0.25, -0.2) is 4.39 Å². The largest absolute Gasteiger partial charge is 0.378 e. The lowest BCUT2D eigenvalue weighted by Gasteiger charge is -2.45. The fraction of sp³-hybridized carbons (Fsp3) is 0.667. The van der Waals surface area contributed by atoms with Crippen molar-refractivity contribution >= 4 is 0 Å². The van der Waals surface area contributed by atoms with Crippen LogP contribution < -0.4 is 5.73 Å². The lowest BCUT2D eigenvalue weighted by molar-refractivity contribution is -0.108. The first-order chi connectivity index (χ1) is 9.68. The third kappa shape index (κ3) is 2.45. The van der Waals surface area contributed by atoms with Crippen molar-refractivity contribution in [3.05, 3.63) is 29.8 Å². The quantitative estimate of drug-likeness (QED) is 0.917. The van der Waals surface area contributed by atoms with Gasteiger partial charge in [0.25, 0.3) is 0 Å². The number of rotatable bonds is 3. The van der Waals surface area contributed by atoms with Crippen LogP contribution >= 0.6 is 0 Å². The van der Waals surface area contributed by atoms with Crippen LogP contribution in [0.3, 0.4) is 0 Å². The molecule has 1 aromatic rings. The Bertz CT molecular complexity index is 455. The monoisotopic (exact) mass is 280 g/mol. The van der Waals surface area contributed by atoms with E-state index >= 15 is 0 Å². The zero-order chi connectivity index (χ0) is 14.1. The Morgan fingerprint density at radius 2 is 2.20 bits per heavy atom. The minimum absolute atomic E-state index is 0.117. The highest BCUT2D eigenvalue weighted by Crippen LogP contribution is 2.46. The fourth-order valence-electron chi connectivity index (χ4n) is 3.59. The summed E-state index contributed by atoms with van der Waals surface area (Å²) in [6.07, 6.45) is 4.79. The number of ether oxygens (including phenoxy) is 2. The third-order valence-electron chi connectivity index (χ3n) is 4.61. The van der Waals surface area contributed by atoms with Gasteiger partial charge in [-0.3, -0.25) is 4.98 Å². The molecule has 0 bridgehead atoms. The zero-order valence-electron chi connectivity index (χ0n) is 11.6. The number of hydrogen-bond donors (Lipinski definition) is 1. The molecule has 0 amide bonds. The van der Waals surface area contributed by atoms with Crippen LogP contribution in [0.15, 0.2) is 18.3 Å². The molecule has 2 N–H and O–H groups in total. The molecule has 0 saturated carbocycles. The van der Waals surface area contributed by atoms with E-state index in [2.05, 4.69) is 4.98 Å². The zero-order valence-corrected chi connectivity index (χ0v) is 11.6. The molecule has 1 aromatic heterocycles. The van der Waals surface area contributed by atoms with Gasteiger partial charge in [0.1, 0.15) is 5.82 Å². The van der Waals surface area contributed by atoms with Crippen LogP contribution in [0.5, 0.6) is 0 Å². The molecule has 0 aliphatic carbocycles. The Morgan fingerprint density at radius 3 is 2.85 bits per heavy atom. The SMILES string of the molecule is NCCC1(c2ccc(F)cn2)CCOC2(CCOC2)C1. The molecule has 110 valence electrons. The predicted molar refractivity (Wildman–Crippen MR) is 72.9 cm³/mol. The van der Waals surface area contributed by atoms with Crippen molar-refractivity contribution < 1.29 is 13.9 Å². The van der Waals surface area contributed by atoms with Gasteiger partial charge in [0.15, 0.2) is 0 Å². The first-order valence-corrected chi connectivity index (χ1v) is 7.22. The lowest BCUT2D eigenvalue weighted by atomic mass is 9.68. The van der Waals surface area contributed by atoms with Crippen molar-refractivity contribution in [2.24, 2.45) is 5.73 Å². The molecule has 2 aliphatic heterocycles. The van der Waals surface area contributed by atoms with E-state index in [1.54, 1.807) is 6.07 Å². The summed E-state index contributed by atoms with van der Waals surface area (Å²) in [6.45, 7) is 2.66. The highest BCUT2D eigenvalue weighted by Gasteiger charge is 2.48. The Balaban J connectivity index is 1.92. The highest BCUT2D eigenvalue weighted by molar-refractivity contribution is 5.21. The van der Waals surface area contributed by atoms with Crippen molar-refractivity contribution in [2.45, 2.75) is 36.7 Å². The van der Waals surface area contributed by atoms with Crippen LogP contribution in [0, 0.1) is 5.82 Å². The van der Waals surface area contributed by atoms with E-state index in [-0.39, 0.29) is 16.8 Å². The van der Waals surface area contributed by atoms with Gasteiger partial charge >= 0.3 is 0 Å². The number of nitrogens with zero attached hydrogens (tertiary/aromatic N) is 1. The topological polar surface area (TPSA) is 57.4 Å². The van der Waals surface area contributed by atoms with Crippen LogP contribution in [-0.4, -0.2) is 37.0 Å². The number of pyridine rings is 1. The molecule has 2 unspecified atom stereocenters. The van der Waals surface area contributed by atoms with Crippen LogP contribution in [0.25, 0.3) is 0 Å². The van der Waals surface area contributed by atoms with Gasteiger partial charge in [0.2, 0.25) is 0 Å². The van der Waals surface area contributed by atoms with Gasteiger partial charge in [-0.15, -0.1) is 0 Å². The molecule has 3 rings (SSSR count). The van der Waals surface area contributed by atoms with E-state index in [9.17, 15) is 4.39 Å². The van der Waals surface area contributed by atoms with Crippen LogP contribution in [0.1, 0.15) is 31.4 Å². The minimum atomic E-state index is -0.303. The predicted octanol–water partition coefficient (Wildman–Crippen LogP) is 1.78. The molecule has 4 nitrogen and oxygen atoms in total. The van der Waals surface area contributed by atoms with Crippen molar-refractivity contribution in [3.8, 4) is 0 Å². The highest BCUT2D eigenvalue weighted by atomic mass is 19.1. The van der Waals surface area contributed by atoms with Crippen molar-refractivity contribution in [2.75, 3.05) is 26.4 Å². The molecule has 2 atom stereocenters. The van der Waals surface area contributed by atoms with E-state index in [0.717, 1.165) is 38.0 Å². The molecular formula is C15H21FN2O2. The number of halogens is 1. The normalized spacial score (nSPS) is 33.7. The summed E-state index contributed by atoms with van der Waals surface area (Å²) in [5, 5.41) is 0. The first-order valence-electron chi connectivity index (χ1n) is 7.22. The second-order valence-electron chi connectivity index (χ2n) is 5.94. The standard InChI is InChI=1S/C15H21FN2O2/c16-12-1-2-13(18-9-12)14(3-6-17)4-8-20-15(10-14)5-7-19-11-15/h1-2,9H,3-8,10-11,17H2. The molecular weight excluding hydrogens is 259 g/mol. The molecule has 20 heavy (non-hydrogen) atoms. The van der Waals surface area contributed by atoms with Gasteiger partial charge in [-0.2, -0.15) is 0 Å². The van der Waals surface area contributed by atoms with E-state index in [4.69, 9.17) is 15.2 Å². The van der Waals surface area contributed by atoms with Crippen molar-refractivity contribution in [3.63, 3.8) is 0 Å². The molecule has 0 radical (unpaired) electrons. The van der Waals surface area contributed by atoms with Crippen molar-refractivity contribution in [1.29, 1.82) is 0 Å². The maximum Gasteiger partial charge on any atom is 0.141 e. The van der Waals surface area contributed by atoms with Gasteiger partial charge < -0.3 is 15.2 Å². The summed E-state index contributed by atoms with van der Waals surface area (Å²) in [5.41, 5.74) is 6.43. The van der Waals surface area contributed by atoms with E-state index in [1.807, 2.05) is 0 Å². The second kappa shape index (κ2) is 5.39. The average molecular weight is 280 g/mol. The average Bonchev–Trinajstić information content (AvgIpc) is 2.87. The van der Waals surface area contributed by atoms with Gasteiger partial charge in [0, 0.05) is 30.7 Å². The molecule has 1 spiro atoms. The Kier molecular flexibility index (Phi) is 3.75. The van der Waals surface area contributed by atoms with Crippen LogP contribution in [0.2, 0.25) is 0 Å². The van der Waals surface area contributed by atoms with Crippen molar-refractivity contribution in [1.82, 2.24) is 4.98 Å². The third-order valence-corrected chi connectivity index (χ3v) is 4.61. The summed E-state index contributed by atoms with van der Waals surface area (Å²) >= 11 is 0. The maximum absolute atomic E-state index is 13.1. The smallest absolute Gasteiger partial charge is 0.141 e. The van der Waals surface area contributed by atoms with E-state index in [1.165, 1.54) is 12.3 Å². The fourth-order valence-corrected chi connectivity index (χ4v) is 3.59. The van der Waals surface area contributed by atoms with Crippen LogP contribution in [0.4, 0.5) is 4.39 Å². The molecule has 2 fully saturated rings. The summed E-state index contributed by atoms with van der Waals surface area (Å²) in [5.74, 6) is -0.303. The van der Waals surface area contributed by atoms with E-state index < -0.39 is 0 Å². The number of hydrogen-bond acceptors (Lipinski definition) is 4. The van der Waals surface area contributed by atoms with Gasteiger partial charge in [0.05, 0.1) is 18.4 Å². The van der Waals surface area contributed by atoms with Gasteiger partial charge in [-0.1, -0.05) is 0 Å². The molecule has 5 heteroatoms. The molecule has 2 aliphatic rings. The Hall–Kier alpha value is -1.04. The molecule has 0 aromatic carbocycles. The Morgan fingerprint density at radius 1 is 1.30 bits per heavy atom. The second-order valence-corrected chi connectivity index (χ2v) is 5.94. The number of aromatic nitrogens is 1. The molecule has 2 saturated heterocycles. The lowest BCUT2D eigenvalue weighted by Crippen LogP contribution is -2.49. The van der Waals surface area contributed by atoms with Crippen LogP contribution in [-0.2, 0) is 14.9 Å². The Labute approximate surface area is 118 Å². The van der Waals surface area contributed by atoms with Gasteiger partial charge in [-0.05, 0) is 37.9 Å². The van der Waals surface area contributed by atoms with E-state index in [0.29, 0.717) is 19.8 Å². The maximum atomic E-state index is 13.1. The summed E-state index contributed by atoms with van der Waals surface area (Å²) in [7, 11) is 0. The first kappa shape index (κ1) is 13.9. The molecule has 3 heterocycles. The summed E-state index contributed by atoms with van der Waals surface area (Å²) in [6, 6.07) is 3.27. The number of nitrogens with two attached hydrogens (primary N) is 1.